The van der Waals surface area contributed by atoms with E-state index in [1.54, 1.807) is 11.6 Å². The van der Waals surface area contributed by atoms with Crippen LogP contribution in [-0.4, -0.2) is 33.6 Å². The number of urea groups is 1. The summed E-state index contributed by atoms with van der Waals surface area (Å²) in [7, 11) is 1.86. The van der Waals surface area contributed by atoms with Gasteiger partial charge in [0.2, 0.25) is 0 Å². The van der Waals surface area contributed by atoms with Gasteiger partial charge in [0, 0.05) is 25.4 Å². The minimum absolute atomic E-state index is 0.0689. The van der Waals surface area contributed by atoms with E-state index in [9.17, 15) is 4.79 Å². The van der Waals surface area contributed by atoms with E-state index in [0.29, 0.717) is 6.54 Å². The maximum absolute atomic E-state index is 11.4. The quantitative estimate of drug-likeness (QED) is 0.686. The largest absolute Gasteiger partial charge is 0.394 e. The lowest BCUT2D eigenvalue weighted by molar-refractivity contribution is 0.220. The van der Waals surface area contributed by atoms with Crippen molar-refractivity contribution in [2.75, 3.05) is 6.61 Å². The number of rotatable bonds is 5. The molecule has 0 radical (unpaired) electrons. The molecule has 6 nitrogen and oxygen atoms in total. The summed E-state index contributed by atoms with van der Waals surface area (Å²) in [5, 5.41) is 18.4. The molecule has 3 N–H and O–H groups in total. The van der Waals surface area contributed by atoms with Crippen LogP contribution in [-0.2, 0) is 20.0 Å². The summed E-state index contributed by atoms with van der Waals surface area (Å²) in [4.78, 5) is 11.4. The molecule has 0 fully saturated rings. The first kappa shape index (κ1) is 13.5. The zero-order chi connectivity index (χ0) is 12.8. The van der Waals surface area contributed by atoms with Gasteiger partial charge in [-0.2, -0.15) is 5.10 Å². The molecule has 0 bridgehead atoms. The van der Waals surface area contributed by atoms with Gasteiger partial charge in [-0.15, -0.1) is 0 Å². The van der Waals surface area contributed by atoms with E-state index in [4.69, 9.17) is 5.11 Å². The molecule has 0 spiro atoms. The second-order valence-electron chi connectivity index (χ2n) is 4.04. The fraction of sp³-hybridized carbons (Fsp3) is 0.636. The summed E-state index contributed by atoms with van der Waals surface area (Å²) in [5.74, 6) is 0. The fourth-order valence-electron chi connectivity index (χ4n) is 1.52. The van der Waals surface area contributed by atoms with Crippen LogP contribution >= 0.6 is 0 Å². The third kappa shape index (κ3) is 4.07. The molecule has 0 aliphatic carbocycles. The Bertz CT molecular complexity index is 376. The van der Waals surface area contributed by atoms with Crippen molar-refractivity contribution in [3.63, 3.8) is 0 Å². The second kappa shape index (κ2) is 6.24. The summed E-state index contributed by atoms with van der Waals surface area (Å²) in [6, 6.07) is -0.521. The summed E-state index contributed by atoms with van der Waals surface area (Å²) in [5.41, 5.74) is 2.00. The number of carbonyl (C=O) groups is 1. The number of amides is 2. The van der Waals surface area contributed by atoms with Crippen molar-refractivity contribution < 1.29 is 9.90 Å². The van der Waals surface area contributed by atoms with Gasteiger partial charge in [0.25, 0.3) is 0 Å². The molecule has 0 saturated carbocycles. The maximum atomic E-state index is 11.4. The predicted molar refractivity (Wildman–Crippen MR) is 64.5 cm³/mol. The normalized spacial score (nSPS) is 12.2. The Balaban J connectivity index is 2.46. The van der Waals surface area contributed by atoms with Crippen LogP contribution in [0.25, 0.3) is 0 Å². The summed E-state index contributed by atoms with van der Waals surface area (Å²) >= 11 is 0. The molecule has 2 amide bonds. The van der Waals surface area contributed by atoms with Crippen LogP contribution in [0.2, 0.25) is 0 Å². The maximum Gasteiger partial charge on any atom is 0.315 e. The van der Waals surface area contributed by atoms with Crippen molar-refractivity contribution in [1.29, 1.82) is 0 Å². The summed E-state index contributed by atoms with van der Waals surface area (Å²) in [6.45, 7) is 4.14. The average molecular weight is 240 g/mol. The summed E-state index contributed by atoms with van der Waals surface area (Å²) in [6.07, 6.45) is 2.74. The van der Waals surface area contributed by atoms with Crippen LogP contribution in [0.1, 0.15) is 25.1 Å². The lowest BCUT2D eigenvalue weighted by Gasteiger charge is -2.11. The molecule has 0 aliphatic heterocycles. The molecule has 1 heterocycles. The van der Waals surface area contributed by atoms with Crippen molar-refractivity contribution in [2.24, 2.45) is 7.05 Å². The predicted octanol–water partition coefficient (Wildman–Crippen LogP) is 0.162. The average Bonchev–Trinajstić information content (AvgIpc) is 2.66. The van der Waals surface area contributed by atoms with E-state index in [0.717, 1.165) is 17.7 Å². The minimum Gasteiger partial charge on any atom is -0.394 e. The Hall–Kier alpha value is -1.56. The lowest BCUT2D eigenvalue weighted by Crippen LogP contribution is -2.42. The number of hydrogen-bond donors (Lipinski definition) is 3. The SMILES string of the molecule is CCc1nn(C)cc1CNC(=O)N[C@@H](C)CO. The smallest absolute Gasteiger partial charge is 0.315 e. The summed E-state index contributed by atoms with van der Waals surface area (Å²) < 4.78 is 1.74. The Labute approximate surface area is 101 Å². The van der Waals surface area contributed by atoms with Crippen molar-refractivity contribution >= 4 is 6.03 Å². The number of aromatic nitrogens is 2. The Kier molecular flexibility index (Phi) is 4.96. The molecule has 1 aromatic heterocycles. The Morgan fingerprint density at radius 1 is 1.65 bits per heavy atom. The monoisotopic (exact) mass is 240 g/mol. The van der Waals surface area contributed by atoms with Crippen LogP contribution in [0.5, 0.6) is 0 Å². The molecule has 0 saturated heterocycles. The van der Waals surface area contributed by atoms with E-state index < -0.39 is 0 Å². The van der Waals surface area contributed by atoms with E-state index in [1.807, 2.05) is 20.2 Å². The van der Waals surface area contributed by atoms with E-state index >= 15 is 0 Å². The molecular weight excluding hydrogens is 220 g/mol. The molecule has 0 aliphatic rings. The van der Waals surface area contributed by atoms with Crippen molar-refractivity contribution in [2.45, 2.75) is 32.9 Å². The molecule has 0 unspecified atom stereocenters. The van der Waals surface area contributed by atoms with Gasteiger partial charge in [-0.05, 0) is 13.3 Å². The highest BCUT2D eigenvalue weighted by Gasteiger charge is 2.09. The Morgan fingerprint density at radius 2 is 2.35 bits per heavy atom. The fourth-order valence-corrected chi connectivity index (χ4v) is 1.52. The van der Waals surface area contributed by atoms with E-state index in [1.165, 1.54) is 0 Å². The molecule has 1 rings (SSSR count). The zero-order valence-electron chi connectivity index (χ0n) is 10.5. The number of nitrogens with zero attached hydrogens (tertiary/aromatic N) is 2. The number of aliphatic hydroxyl groups excluding tert-OH is 1. The topological polar surface area (TPSA) is 79.2 Å². The van der Waals surface area contributed by atoms with Gasteiger partial charge in [-0.25, -0.2) is 4.79 Å². The number of nitrogens with one attached hydrogen (secondary N) is 2. The van der Waals surface area contributed by atoms with Gasteiger partial charge in [0.15, 0.2) is 0 Å². The van der Waals surface area contributed by atoms with Crippen LogP contribution in [0.4, 0.5) is 4.79 Å². The molecule has 1 atom stereocenters. The third-order valence-corrected chi connectivity index (χ3v) is 2.42. The highest BCUT2D eigenvalue weighted by atomic mass is 16.3. The molecular formula is C11H20N4O2. The lowest BCUT2D eigenvalue weighted by atomic mass is 10.2. The van der Waals surface area contributed by atoms with Gasteiger partial charge >= 0.3 is 6.03 Å². The van der Waals surface area contributed by atoms with Gasteiger partial charge < -0.3 is 15.7 Å². The van der Waals surface area contributed by atoms with Crippen LogP contribution in [0.15, 0.2) is 6.20 Å². The Morgan fingerprint density at radius 3 is 2.94 bits per heavy atom. The van der Waals surface area contributed by atoms with Gasteiger partial charge in [-0.1, -0.05) is 6.92 Å². The van der Waals surface area contributed by atoms with Gasteiger partial charge in [0.1, 0.15) is 0 Å². The van der Waals surface area contributed by atoms with Gasteiger partial charge in [0.05, 0.1) is 18.3 Å². The minimum atomic E-state index is -0.280. The third-order valence-electron chi connectivity index (χ3n) is 2.42. The van der Waals surface area contributed by atoms with Crippen LogP contribution in [0, 0.1) is 0 Å². The number of aryl methyl sites for hydroxylation is 2. The molecule has 0 aromatic carbocycles. The van der Waals surface area contributed by atoms with Crippen molar-refractivity contribution in [3.05, 3.63) is 17.5 Å². The molecule has 96 valence electrons. The first-order valence-electron chi connectivity index (χ1n) is 5.73. The van der Waals surface area contributed by atoms with E-state index in [-0.39, 0.29) is 18.7 Å². The number of carbonyl (C=O) groups excluding carboxylic acids is 1. The molecule has 17 heavy (non-hydrogen) atoms. The number of hydrogen-bond acceptors (Lipinski definition) is 3. The standard InChI is InChI=1S/C11H20N4O2/c1-4-10-9(6-15(3)14-10)5-12-11(17)13-8(2)7-16/h6,8,16H,4-5,7H2,1-3H3,(H2,12,13,17)/t8-/m0/s1. The van der Waals surface area contributed by atoms with Crippen LogP contribution in [0.3, 0.4) is 0 Å². The van der Waals surface area contributed by atoms with Crippen LogP contribution < -0.4 is 10.6 Å². The zero-order valence-corrected chi connectivity index (χ0v) is 10.5. The number of aliphatic hydroxyl groups is 1. The molecule has 1 aromatic rings. The highest BCUT2D eigenvalue weighted by molar-refractivity contribution is 5.74. The highest BCUT2D eigenvalue weighted by Crippen LogP contribution is 2.06. The van der Waals surface area contributed by atoms with Gasteiger partial charge in [-0.3, -0.25) is 4.68 Å². The van der Waals surface area contributed by atoms with E-state index in [2.05, 4.69) is 15.7 Å². The first-order chi connectivity index (χ1) is 8.06. The van der Waals surface area contributed by atoms with Crippen molar-refractivity contribution in [3.8, 4) is 0 Å². The van der Waals surface area contributed by atoms with Crippen molar-refractivity contribution in [1.82, 2.24) is 20.4 Å². The molecule has 6 heteroatoms. The second-order valence-corrected chi connectivity index (χ2v) is 4.04. The first-order valence-corrected chi connectivity index (χ1v) is 5.73.